The van der Waals surface area contributed by atoms with E-state index in [1.165, 1.54) is 0 Å². The van der Waals surface area contributed by atoms with E-state index in [0.29, 0.717) is 0 Å². The van der Waals surface area contributed by atoms with E-state index in [9.17, 15) is 19.2 Å². The van der Waals surface area contributed by atoms with Crippen molar-refractivity contribution in [2.75, 3.05) is 39.3 Å². The molecule has 132 valence electrons. The first kappa shape index (κ1) is 36.0. The molecule has 0 aliphatic rings. The molecule has 0 aliphatic carbocycles. The summed E-state index contributed by atoms with van der Waals surface area (Å²) in [5, 5.41) is 34.5. The van der Waals surface area contributed by atoms with Crippen LogP contribution in [0.2, 0.25) is 0 Å². The van der Waals surface area contributed by atoms with Crippen LogP contribution < -0.4 is 0 Å². The average molecular weight is 406 g/mol. The second-order valence-corrected chi connectivity index (χ2v) is 4.00. The fourth-order valence-electron chi connectivity index (χ4n) is 1.48. The monoisotopic (exact) mass is 406 g/mol. The minimum Gasteiger partial charge on any atom is -0.480 e. The summed E-state index contributed by atoms with van der Waals surface area (Å²) in [6.07, 6.45) is 0. The smallest absolute Gasteiger partial charge is 0.317 e. The second-order valence-electron chi connectivity index (χ2n) is 4.00. The number of aliphatic carboxylic acids is 4. The van der Waals surface area contributed by atoms with Gasteiger partial charge in [0, 0.05) is 116 Å². The van der Waals surface area contributed by atoms with Crippen molar-refractivity contribution in [3.8, 4) is 0 Å². The minimum absolute atomic E-state index is 0. The number of carboxylic acid groups (broad SMARTS) is 4. The van der Waals surface area contributed by atoms with Crippen LogP contribution in [0.25, 0.3) is 0 Å². The van der Waals surface area contributed by atoms with Crippen LogP contribution in [0.1, 0.15) is 0 Å². The second kappa shape index (κ2) is 20.3. The first-order valence-corrected chi connectivity index (χ1v) is 5.52. The number of nitrogens with zero attached hydrogens (tertiary/aromatic N) is 2. The Labute approximate surface area is 222 Å². The molecule has 0 fully saturated rings. The maximum Gasteiger partial charge on any atom is 0.317 e. The van der Waals surface area contributed by atoms with Gasteiger partial charge in [-0.05, 0) is 0 Å². The Morgan fingerprint density at radius 3 is 0.833 bits per heavy atom. The molecule has 0 bridgehead atoms. The van der Waals surface area contributed by atoms with Gasteiger partial charge in [-0.1, -0.05) is 0 Å². The number of hydrogen-bond donors (Lipinski definition) is 4. The molecular weight excluding hydrogens is 386 g/mol. The molecule has 0 atom stereocenters. The van der Waals surface area contributed by atoms with Gasteiger partial charge in [-0.3, -0.25) is 29.0 Å². The van der Waals surface area contributed by atoms with E-state index >= 15 is 0 Å². The van der Waals surface area contributed by atoms with Gasteiger partial charge >= 0.3 is 23.9 Å². The van der Waals surface area contributed by atoms with Crippen LogP contribution >= 0.6 is 0 Å². The Bertz CT molecular complexity index is 328. The van der Waals surface area contributed by atoms with Crippen molar-refractivity contribution in [3.05, 3.63) is 0 Å². The van der Waals surface area contributed by atoms with Crippen LogP contribution in [-0.2, 0) is 19.2 Å². The SMILES string of the molecule is O.O.O=C(O)CN(CCN(CC(=O)O)CC(=O)O)CC(=O)O.[K].[K]. The maximum atomic E-state index is 10.6. The van der Waals surface area contributed by atoms with Crippen LogP contribution in [-0.4, -0.2) is 207 Å². The number of rotatable bonds is 11. The summed E-state index contributed by atoms with van der Waals surface area (Å²) in [4.78, 5) is 44.4. The van der Waals surface area contributed by atoms with Crippen LogP contribution in [0, 0.1) is 0 Å². The van der Waals surface area contributed by atoms with Crippen molar-refractivity contribution in [2.24, 2.45) is 0 Å². The number of hydrogen-bond acceptors (Lipinski definition) is 6. The van der Waals surface area contributed by atoms with Crippen molar-refractivity contribution in [2.45, 2.75) is 0 Å². The number of carboxylic acids is 4. The summed E-state index contributed by atoms with van der Waals surface area (Å²) in [7, 11) is 0. The Morgan fingerprint density at radius 1 is 0.542 bits per heavy atom. The third-order valence-corrected chi connectivity index (χ3v) is 2.17. The third kappa shape index (κ3) is 23.0. The quantitative estimate of drug-likeness (QED) is 0.241. The molecule has 0 spiro atoms. The Hall–Kier alpha value is 0.993. The molecule has 24 heavy (non-hydrogen) atoms. The van der Waals surface area contributed by atoms with E-state index < -0.39 is 50.1 Å². The standard InChI is InChI=1S/C10H16N2O8.2K.2H2O/c13-7(14)3-11(4-8(15)16)1-2-12(5-9(17)18)6-10(19)20;;;;/h1-6H2,(H,13,14)(H,15,16)(H,17,18)(H,19,20);;;2*1H2. The van der Waals surface area contributed by atoms with E-state index in [4.69, 9.17) is 20.4 Å². The minimum atomic E-state index is -1.23. The van der Waals surface area contributed by atoms with E-state index in [-0.39, 0.29) is 127 Å². The van der Waals surface area contributed by atoms with Gasteiger partial charge in [-0.25, -0.2) is 0 Å². The summed E-state index contributed by atoms with van der Waals surface area (Å²) >= 11 is 0. The van der Waals surface area contributed by atoms with Gasteiger partial charge in [0.2, 0.25) is 0 Å². The molecule has 0 saturated carbocycles. The van der Waals surface area contributed by atoms with Gasteiger partial charge in [-0.15, -0.1) is 0 Å². The first-order valence-electron chi connectivity index (χ1n) is 5.52. The molecule has 0 aromatic rings. The van der Waals surface area contributed by atoms with Crippen LogP contribution in [0.3, 0.4) is 0 Å². The van der Waals surface area contributed by atoms with E-state index in [0.717, 1.165) is 9.80 Å². The Morgan fingerprint density at radius 2 is 0.708 bits per heavy atom. The summed E-state index contributed by atoms with van der Waals surface area (Å²) in [5.74, 6) is -4.91. The zero-order chi connectivity index (χ0) is 15.7. The molecular formula is C10H20K2N2O10. The topological polar surface area (TPSA) is 219 Å². The normalized spacial score (nSPS) is 8.92. The van der Waals surface area contributed by atoms with Crippen LogP contribution in [0.15, 0.2) is 0 Å². The molecule has 0 rings (SSSR count). The average Bonchev–Trinajstić information content (AvgIpc) is 2.22. The molecule has 2 radical (unpaired) electrons. The molecule has 0 aromatic heterocycles. The molecule has 14 heteroatoms. The molecule has 0 saturated heterocycles. The van der Waals surface area contributed by atoms with Gasteiger partial charge in [0.15, 0.2) is 0 Å². The number of carbonyl (C=O) groups is 4. The molecule has 12 nitrogen and oxygen atoms in total. The molecule has 0 aliphatic heterocycles. The Balaban J connectivity index is -0.000000301. The maximum absolute atomic E-state index is 10.6. The summed E-state index contributed by atoms with van der Waals surface area (Å²) in [6.45, 7) is -2.25. The van der Waals surface area contributed by atoms with E-state index in [2.05, 4.69) is 0 Å². The Kier molecular flexibility index (Phi) is 30.5. The van der Waals surface area contributed by atoms with Gasteiger partial charge < -0.3 is 31.4 Å². The van der Waals surface area contributed by atoms with E-state index in [1.54, 1.807) is 0 Å². The zero-order valence-electron chi connectivity index (χ0n) is 13.6. The molecule has 0 amide bonds. The third-order valence-electron chi connectivity index (χ3n) is 2.17. The van der Waals surface area contributed by atoms with Gasteiger partial charge in [0.1, 0.15) is 0 Å². The summed E-state index contributed by atoms with van der Waals surface area (Å²) in [6, 6.07) is 0. The van der Waals surface area contributed by atoms with Crippen molar-refractivity contribution >= 4 is 127 Å². The fraction of sp³-hybridized carbons (Fsp3) is 0.600. The molecule has 0 unspecified atom stereocenters. The van der Waals surface area contributed by atoms with Crippen molar-refractivity contribution < 1.29 is 50.6 Å². The molecule has 0 heterocycles. The van der Waals surface area contributed by atoms with Crippen molar-refractivity contribution in [1.29, 1.82) is 0 Å². The van der Waals surface area contributed by atoms with Gasteiger partial charge in [-0.2, -0.15) is 0 Å². The summed E-state index contributed by atoms with van der Waals surface area (Å²) in [5.41, 5.74) is 0. The van der Waals surface area contributed by atoms with Crippen LogP contribution in [0.5, 0.6) is 0 Å². The van der Waals surface area contributed by atoms with Crippen molar-refractivity contribution in [3.63, 3.8) is 0 Å². The van der Waals surface area contributed by atoms with Crippen molar-refractivity contribution in [1.82, 2.24) is 9.80 Å². The fourth-order valence-corrected chi connectivity index (χ4v) is 1.48. The molecule has 0 aromatic carbocycles. The first-order chi connectivity index (χ1) is 9.20. The van der Waals surface area contributed by atoms with Gasteiger partial charge in [0.05, 0.1) is 26.2 Å². The predicted molar refractivity (Wildman–Crippen MR) is 82.2 cm³/mol. The van der Waals surface area contributed by atoms with Crippen LogP contribution in [0.4, 0.5) is 0 Å². The predicted octanol–water partition coefficient (Wildman–Crippen LogP) is -4.48. The van der Waals surface area contributed by atoms with E-state index in [1.807, 2.05) is 0 Å². The van der Waals surface area contributed by atoms with Gasteiger partial charge in [0.25, 0.3) is 0 Å². The molecule has 8 N–H and O–H groups in total. The zero-order valence-corrected chi connectivity index (χ0v) is 19.8. The summed E-state index contributed by atoms with van der Waals surface area (Å²) < 4.78 is 0. The largest absolute Gasteiger partial charge is 0.480 e.